The van der Waals surface area contributed by atoms with Gasteiger partial charge in [-0.25, -0.2) is 0 Å². The highest BCUT2D eigenvalue weighted by Crippen LogP contribution is 2.44. The lowest BCUT2D eigenvalue weighted by molar-refractivity contribution is -0.132. The van der Waals surface area contributed by atoms with Gasteiger partial charge in [-0.1, -0.05) is 45.9 Å². The van der Waals surface area contributed by atoms with Crippen molar-refractivity contribution < 1.29 is 28.9 Å². The van der Waals surface area contributed by atoms with E-state index < -0.39 is 17.7 Å². The highest BCUT2D eigenvalue weighted by atomic mass is 16.5. The van der Waals surface area contributed by atoms with E-state index in [0.29, 0.717) is 47.3 Å². The average molecular weight is 544 g/mol. The van der Waals surface area contributed by atoms with Gasteiger partial charge in [-0.2, -0.15) is 0 Å². The van der Waals surface area contributed by atoms with Crippen molar-refractivity contribution in [3.8, 4) is 17.2 Å². The predicted molar refractivity (Wildman–Crippen MR) is 156 cm³/mol. The van der Waals surface area contributed by atoms with Crippen molar-refractivity contribution >= 4 is 23.1 Å². The average Bonchev–Trinajstić information content (AvgIpc) is 3.21. The summed E-state index contributed by atoms with van der Waals surface area (Å²) in [5, 5.41) is 11.7. The van der Waals surface area contributed by atoms with Crippen LogP contribution in [0.15, 0.2) is 72.3 Å². The molecule has 0 aromatic heterocycles. The van der Waals surface area contributed by atoms with Gasteiger partial charge in [0.05, 0.1) is 31.9 Å². The van der Waals surface area contributed by atoms with Crippen LogP contribution in [0.25, 0.3) is 5.76 Å². The predicted octanol–water partition coefficient (Wildman–Crippen LogP) is 6.81. The summed E-state index contributed by atoms with van der Waals surface area (Å²) in [5.41, 5.74) is 2.19. The zero-order valence-corrected chi connectivity index (χ0v) is 24.0. The summed E-state index contributed by atoms with van der Waals surface area (Å²) in [6, 6.07) is 18.7. The van der Waals surface area contributed by atoms with Crippen LogP contribution in [0.4, 0.5) is 5.69 Å². The number of hydrogen-bond acceptors (Lipinski definition) is 6. The van der Waals surface area contributed by atoms with Gasteiger partial charge >= 0.3 is 0 Å². The third kappa shape index (κ3) is 5.69. The number of ketones is 1. The number of carbonyl (C=O) groups excluding carboxylic acids is 2. The number of anilines is 1. The van der Waals surface area contributed by atoms with Crippen LogP contribution in [0.5, 0.6) is 17.2 Å². The summed E-state index contributed by atoms with van der Waals surface area (Å²) in [6.07, 6.45) is 0.871. The Labute approximate surface area is 236 Å². The molecule has 0 spiro atoms. The van der Waals surface area contributed by atoms with Crippen molar-refractivity contribution in [1.82, 2.24) is 0 Å². The molecule has 40 heavy (non-hydrogen) atoms. The lowest BCUT2D eigenvalue weighted by atomic mass is 9.84. The number of nitrogens with zero attached hydrogens (tertiary/aromatic N) is 1. The normalized spacial score (nSPS) is 16.8. The Balaban J connectivity index is 1.91. The molecule has 210 valence electrons. The van der Waals surface area contributed by atoms with Crippen LogP contribution >= 0.6 is 0 Å². The molecule has 1 saturated heterocycles. The number of hydrogen-bond donors (Lipinski definition) is 1. The first-order valence-corrected chi connectivity index (χ1v) is 13.6. The van der Waals surface area contributed by atoms with Gasteiger partial charge in [0.2, 0.25) is 0 Å². The highest BCUT2D eigenvalue weighted by Gasteiger charge is 2.47. The molecule has 1 aliphatic rings. The maximum absolute atomic E-state index is 13.6. The zero-order valence-electron chi connectivity index (χ0n) is 24.0. The molecule has 1 aliphatic heterocycles. The van der Waals surface area contributed by atoms with Gasteiger partial charge in [-0.15, -0.1) is 0 Å². The topological polar surface area (TPSA) is 85.3 Å². The Kier molecular flexibility index (Phi) is 8.52. The van der Waals surface area contributed by atoms with Crippen LogP contribution in [0.1, 0.15) is 63.8 Å². The number of amides is 1. The van der Waals surface area contributed by atoms with Gasteiger partial charge < -0.3 is 19.3 Å². The molecular formula is C33H37NO6. The molecule has 0 bridgehead atoms. The molecule has 3 aromatic carbocycles. The van der Waals surface area contributed by atoms with E-state index in [4.69, 9.17) is 14.2 Å². The molecule has 1 unspecified atom stereocenters. The maximum atomic E-state index is 13.6. The molecule has 0 saturated carbocycles. The van der Waals surface area contributed by atoms with Gasteiger partial charge in [0.1, 0.15) is 23.0 Å². The largest absolute Gasteiger partial charge is 0.507 e. The van der Waals surface area contributed by atoms with Crippen molar-refractivity contribution in [1.29, 1.82) is 0 Å². The van der Waals surface area contributed by atoms with Crippen LogP contribution in [-0.4, -0.2) is 37.1 Å². The van der Waals surface area contributed by atoms with Gasteiger partial charge in [-0.05, 0) is 66.8 Å². The van der Waals surface area contributed by atoms with Crippen LogP contribution in [-0.2, 0) is 15.0 Å². The summed E-state index contributed by atoms with van der Waals surface area (Å²) < 4.78 is 17.0. The first-order chi connectivity index (χ1) is 19.1. The molecule has 0 radical (unpaired) electrons. The quantitative estimate of drug-likeness (QED) is 0.181. The van der Waals surface area contributed by atoms with E-state index in [1.807, 2.05) is 44.2 Å². The van der Waals surface area contributed by atoms with E-state index in [1.165, 1.54) is 4.90 Å². The lowest BCUT2D eigenvalue weighted by Crippen LogP contribution is -2.29. The molecule has 1 fully saturated rings. The number of rotatable bonds is 9. The Morgan fingerprint density at radius 3 is 2.27 bits per heavy atom. The van der Waals surface area contributed by atoms with Gasteiger partial charge in [0.25, 0.3) is 11.7 Å². The number of aliphatic hydroxyl groups excluding tert-OH is 1. The number of aliphatic hydroxyl groups is 1. The van der Waals surface area contributed by atoms with Crippen LogP contribution in [0.3, 0.4) is 0 Å². The maximum Gasteiger partial charge on any atom is 0.300 e. The van der Waals surface area contributed by atoms with E-state index in [1.54, 1.807) is 43.5 Å². The molecule has 4 rings (SSSR count). The van der Waals surface area contributed by atoms with Crippen molar-refractivity contribution in [3.63, 3.8) is 0 Å². The first kappa shape index (κ1) is 28.7. The second kappa shape index (κ2) is 11.9. The summed E-state index contributed by atoms with van der Waals surface area (Å²) in [6.45, 7) is 11.2. The molecular weight excluding hydrogens is 506 g/mol. The molecule has 1 heterocycles. The van der Waals surface area contributed by atoms with Crippen molar-refractivity contribution in [2.45, 2.75) is 52.5 Å². The summed E-state index contributed by atoms with van der Waals surface area (Å²) in [7, 11) is 1.54. The minimum Gasteiger partial charge on any atom is -0.507 e. The third-order valence-electron chi connectivity index (χ3n) is 6.81. The Bertz CT molecular complexity index is 1420. The number of carbonyl (C=O) groups is 2. The number of ether oxygens (including phenoxy) is 3. The van der Waals surface area contributed by atoms with Crippen LogP contribution in [0.2, 0.25) is 0 Å². The molecule has 7 nitrogen and oxygen atoms in total. The van der Waals surface area contributed by atoms with Gasteiger partial charge in [0.15, 0.2) is 0 Å². The minimum atomic E-state index is -0.864. The van der Waals surface area contributed by atoms with Crippen LogP contribution in [0, 0.1) is 0 Å². The van der Waals surface area contributed by atoms with Gasteiger partial charge in [0, 0.05) is 22.9 Å². The van der Waals surface area contributed by atoms with Crippen molar-refractivity contribution in [2.24, 2.45) is 0 Å². The fourth-order valence-corrected chi connectivity index (χ4v) is 4.84. The van der Waals surface area contributed by atoms with E-state index in [9.17, 15) is 14.7 Å². The lowest BCUT2D eigenvalue weighted by Gasteiger charge is -2.26. The number of Topliss-reactive ketones (excluding diaryl/α,β-unsaturated/α-hetero) is 1. The number of methoxy groups -OCH3 is 1. The second-order valence-corrected chi connectivity index (χ2v) is 10.7. The molecule has 1 amide bonds. The van der Waals surface area contributed by atoms with Crippen molar-refractivity contribution in [3.05, 3.63) is 89.0 Å². The van der Waals surface area contributed by atoms with Gasteiger partial charge in [-0.3, -0.25) is 14.5 Å². The molecule has 0 aliphatic carbocycles. The first-order valence-electron chi connectivity index (χ1n) is 13.6. The Hall–Kier alpha value is -4.26. The van der Waals surface area contributed by atoms with E-state index in [-0.39, 0.29) is 16.7 Å². The SMILES string of the molecule is CCCOc1ccc(C2/C(=C(/O)c3ccc(OCC)c(C(C)(C)C)c3)C(=O)C(=O)N2c2cccc(OC)c2)cc1. The minimum absolute atomic E-state index is 0.0130. The van der Waals surface area contributed by atoms with E-state index in [0.717, 1.165) is 12.0 Å². The summed E-state index contributed by atoms with van der Waals surface area (Å²) in [4.78, 5) is 28.6. The highest BCUT2D eigenvalue weighted by molar-refractivity contribution is 6.51. The smallest absolute Gasteiger partial charge is 0.300 e. The Morgan fingerprint density at radius 2 is 1.65 bits per heavy atom. The zero-order chi connectivity index (χ0) is 29.0. The third-order valence-corrected chi connectivity index (χ3v) is 6.81. The van der Waals surface area contributed by atoms with E-state index >= 15 is 0 Å². The summed E-state index contributed by atoms with van der Waals surface area (Å²) in [5.74, 6) is 0.209. The monoisotopic (exact) mass is 543 g/mol. The summed E-state index contributed by atoms with van der Waals surface area (Å²) >= 11 is 0. The molecule has 7 heteroatoms. The Morgan fingerprint density at radius 1 is 0.925 bits per heavy atom. The molecule has 1 N–H and O–H groups in total. The fraction of sp³-hybridized carbons (Fsp3) is 0.333. The van der Waals surface area contributed by atoms with E-state index in [2.05, 4.69) is 20.8 Å². The second-order valence-electron chi connectivity index (χ2n) is 10.7. The fourth-order valence-electron chi connectivity index (χ4n) is 4.84. The standard InChI is InChI=1S/C33H37NO6/c1-7-18-40-24-15-12-21(13-16-24)29-28(31(36)32(37)34(29)23-10-9-11-25(20-23)38-6)30(35)22-14-17-27(39-8-2)26(19-22)33(3,4)5/h9-17,19-20,29,35H,7-8,18H2,1-6H3/b30-28-. The molecule has 3 aromatic rings. The van der Waals surface area contributed by atoms with Crippen LogP contribution < -0.4 is 19.1 Å². The van der Waals surface area contributed by atoms with Crippen molar-refractivity contribution in [2.75, 3.05) is 25.2 Å². The molecule has 1 atom stereocenters. The number of benzene rings is 3.